The van der Waals surface area contributed by atoms with Gasteiger partial charge in [0.05, 0.1) is 30.9 Å². The van der Waals surface area contributed by atoms with Gasteiger partial charge < -0.3 is 30.3 Å². The molecule has 3 N–H and O–H groups in total. The Labute approximate surface area is 225 Å². The van der Waals surface area contributed by atoms with E-state index in [1.165, 1.54) is 17.7 Å². The highest BCUT2D eigenvalue weighted by Gasteiger charge is 2.45. The lowest BCUT2D eigenvalue weighted by molar-refractivity contribution is -0.221. The van der Waals surface area contributed by atoms with E-state index < -0.39 is 23.7 Å². The van der Waals surface area contributed by atoms with Crippen LogP contribution in [0.1, 0.15) is 49.9 Å². The van der Waals surface area contributed by atoms with Crippen molar-refractivity contribution in [2.45, 2.75) is 57.3 Å². The fraction of sp³-hybridized carbons (Fsp3) is 0.593. The molecule has 4 heterocycles. The number of aliphatic hydroxyl groups excluding tert-OH is 1. The van der Waals surface area contributed by atoms with Crippen LogP contribution in [0.5, 0.6) is 0 Å². The van der Waals surface area contributed by atoms with Crippen molar-refractivity contribution < 1.29 is 27.8 Å². The van der Waals surface area contributed by atoms with Gasteiger partial charge in [0.1, 0.15) is 23.3 Å². The van der Waals surface area contributed by atoms with Gasteiger partial charge in [0.15, 0.2) is 6.10 Å². The number of anilines is 4. The van der Waals surface area contributed by atoms with Gasteiger partial charge in [0.25, 0.3) is 5.91 Å². The summed E-state index contributed by atoms with van der Waals surface area (Å²) in [6.45, 7) is 5.05. The third kappa shape index (κ3) is 6.38. The number of morpholine rings is 1. The summed E-state index contributed by atoms with van der Waals surface area (Å²) in [5, 5.41) is 15.7. The molecule has 2 aromatic rings. The summed E-state index contributed by atoms with van der Waals surface area (Å²) in [4.78, 5) is 26.3. The lowest BCUT2D eigenvalue weighted by Crippen LogP contribution is -2.49. The van der Waals surface area contributed by atoms with Crippen molar-refractivity contribution in [3.05, 3.63) is 35.9 Å². The van der Waals surface area contributed by atoms with Crippen LogP contribution in [0.2, 0.25) is 0 Å². The molecule has 3 fully saturated rings. The van der Waals surface area contributed by atoms with Gasteiger partial charge in [-0.1, -0.05) is 6.07 Å². The molecule has 3 aliphatic rings. The van der Waals surface area contributed by atoms with Crippen LogP contribution < -0.4 is 20.4 Å². The van der Waals surface area contributed by atoms with Crippen LogP contribution in [0, 0.1) is 5.41 Å². The monoisotopic (exact) mass is 548 g/mol. The zero-order chi connectivity index (χ0) is 27.8. The van der Waals surface area contributed by atoms with E-state index in [9.17, 15) is 23.1 Å². The summed E-state index contributed by atoms with van der Waals surface area (Å²) < 4.78 is 44.5. The number of hydrogen-bond acceptors (Lipinski definition) is 8. The standard InChI is InChI=1S/C27H35F3N6O3/c1-25(2,17-37)34-21-7-6-18(23(32-21)35-12-10-26(8-9-26)11-13-35)24(38)33-20-4-3-5-22(31-20)36-14-15-39-19(16-36)27(28,29)30/h3-7,19,37H,8-17H2,1-2H3,(H,32,34)(H,31,33,38). The predicted molar refractivity (Wildman–Crippen MR) is 142 cm³/mol. The van der Waals surface area contributed by atoms with Gasteiger partial charge >= 0.3 is 6.18 Å². The lowest BCUT2D eigenvalue weighted by Gasteiger charge is -2.35. The summed E-state index contributed by atoms with van der Waals surface area (Å²) in [6, 6.07) is 8.28. The van der Waals surface area contributed by atoms with E-state index in [2.05, 4.69) is 20.5 Å². The second kappa shape index (κ2) is 10.5. The van der Waals surface area contributed by atoms with Crippen LogP contribution in [-0.2, 0) is 4.74 Å². The molecule has 2 aromatic heterocycles. The maximum absolute atomic E-state index is 13.5. The Balaban J connectivity index is 1.36. The van der Waals surface area contributed by atoms with Gasteiger partial charge in [-0.15, -0.1) is 0 Å². The largest absolute Gasteiger partial charge is 0.416 e. The van der Waals surface area contributed by atoms with E-state index >= 15 is 0 Å². The van der Waals surface area contributed by atoms with Gasteiger partial charge in [-0.05, 0) is 69.2 Å². The molecule has 5 rings (SSSR count). The van der Waals surface area contributed by atoms with E-state index in [4.69, 9.17) is 9.72 Å². The molecule has 12 heteroatoms. The molecule has 9 nitrogen and oxygen atoms in total. The molecule has 0 bridgehead atoms. The van der Waals surface area contributed by atoms with Gasteiger partial charge in [-0.3, -0.25) is 4.79 Å². The van der Waals surface area contributed by atoms with Gasteiger partial charge in [0, 0.05) is 19.6 Å². The molecule has 2 aliphatic heterocycles. The van der Waals surface area contributed by atoms with Crippen molar-refractivity contribution in [3.63, 3.8) is 0 Å². The highest BCUT2D eigenvalue weighted by atomic mass is 19.4. The fourth-order valence-corrected chi connectivity index (χ4v) is 5.10. The van der Waals surface area contributed by atoms with Crippen LogP contribution >= 0.6 is 0 Å². The van der Waals surface area contributed by atoms with Gasteiger partial charge in [0.2, 0.25) is 0 Å². The second-order valence-corrected chi connectivity index (χ2v) is 11.4. The number of nitrogens with zero attached hydrogens (tertiary/aromatic N) is 4. The zero-order valence-corrected chi connectivity index (χ0v) is 22.2. The van der Waals surface area contributed by atoms with Crippen LogP contribution in [0.25, 0.3) is 0 Å². The molecule has 1 unspecified atom stereocenters. The molecule has 39 heavy (non-hydrogen) atoms. The Morgan fingerprint density at radius 1 is 1.05 bits per heavy atom. The number of amides is 1. The lowest BCUT2D eigenvalue weighted by atomic mass is 9.93. The molecule has 0 radical (unpaired) electrons. The minimum atomic E-state index is -4.46. The molecular formula is C27H35F3N6O3. The average molecular weight is 549 g/mol. The highest BCUT2D eigenvalue weighted by Crippen LogP contribution is 2.54. The number of aliphatic hydroxyl groups is 1. The van der Waals surface area contributed by atoms with Gasteiger partial charge in [-0.25, -0.2) is 9.97 Å². The molecular weight excluding hydrogens is 513 g/mol. The summed E-state index contributed by atoms with van der Waals surface area (Å²) in [7, 11) is 0. The molecule has 1 saturated carbocycles. The Hall–Kier alpha value is -3.12. The average Bonchev–Trinajstić information content (AvgIpc) is 3.67. The van der Waals surface area contributed by atoms with E-state index in [1.54, 1.807) is 30.3 Å². The normalized spacial score (nSPS) is 21.1. The molecule has 1 aliphatic carbocycles. The van der Waals surface area contributed by atoms with E-state index in [-0.39, 0.29) is 32.1 Å². The molecule has 0 aromatic carbocycles. The SMILES string of the molecule is CC(C)(CO)Nc1ccc(C(=O)Nc2cccc(N3CCOC(C(F)(F)F)C3)n2)c(N2CCC3(CC2)CC3)n1. The number of carbonyl (C=O) groups is 1. The van der Waals surface area contributed by atoms with E-state index in [0.29, 0.717) is 28.4 Å². The third-order valence-corrected chi connectivity index (χ3v) is 7.79. The highest BCUT2D eigenvalue weighted by molar-refractivity contribution is 6.07. The van der Waals surface area contributed by atoms with E-state index in [1.807, 2.05) is 13.8 Å². The number of pyridine rings is 2. The number of nitrogens with one attached hydrogen (secondary N) is 2. The summed E-state index contributed by atoms with van der Waals surface area (Å²) >= 11 is 0. The Kier molecular flexibility index (Phi) is 7.36. The molecule has 1 amide bonds. The first-order chi connectivity index (χ1) is 18.5. The van der Waals surface area contributed by atoms with Crippen molar-refractivity contribution in [2.24, 2.45) is 5.41 Å². The number of alkyl halides is 3. The van der Waals surface area contributed by atoms with Crippen molar-refractivity contribution in [2.75, 3.05) is 59.8 Å². The van der Waals surface area contributed by atoms with Crippen LogP contribution in [0.4, 0.5) is 36.4 Å². The zero-order valence-electron chi connectivity index (χ0n) is 22.2. The maximum Gasteiger partial charge on any atom is 0.416 e. The molecule has 2 saturated heterocycles. The Bertz CT molecular complexity index is 1190. The number of carbonyl (C=O) groups excluding carboxylic acids is 1. The topological polar surface area (TPSA) is 103 Å². The fourth-order valence-electron chi connectivity index (χ4n) is 5.10. The summed E-state index contributed by atoms with van der Waals surface area (Å²) in [5.74, 6) is 1.27. The third-order valence-electron chi connectivity index (χ3n) is 7.79. The van der Waals surface area contributed by atoms with Crippen molar-refractivity contribution in [1.29, 1.82) is 0 Å². The number of halogens is 3. The summed E-state index contributed by atoms with van der Waals surface area (Å²) in [6.07, 6.45) is -1.74. The minimum absolute atomic E-state index is 0.0674. The number of rotatable bonds is 7. The number of hydrogen-bond donors (Lipinski definition) is 3. The smallest absolute Gasteiger partial charge is 0.394 e. The van der Waals surface area contributed by atoms with Crippen LogP contribution in [0.3, 0.4) is 0 Å². The van der Waals surface area contributed by atoms with Crippen molar-refractivity contribution in [3.8, 4) is 0 Å². The number of piperidine rings is 1. The number of ether oxygens (including phenoxy) is 1. The first-order valence-corrected chi connectivity index (χ1v) is 13.3. The number of aromatic nitrogens is 2. The molecule has 1 spiro atoms. The Morgan fingerprint density at radius 2 is 1.79 bits per heavy atom. The first-order valence-electron chi connectivity index (χ1n) is 13.3. The van der Waals surface area contributed by atoms with Crippen molar-refractivity contribution >= 4 is 29.2 Å². The molecule has 1 atom stereocenters. The first kappa shape index (κ1) is 27.4. The van der Waals surface area contributed by atoms with Crippen LogP contribution in [-0.4, -0.2) is 78.2 Å². The van der Waals surface area contributed by atoms with Gasteiger partial charge in [-0.2, -0.15) is 13.2 Å². The summed E-state index contributed by atoms with van der Waals surface area (Å²) in [5.41, 5.74) is 0.232. The van der Waals surface area contributed by atoms with E-state index in [0.717, 1.165) is 25.9 Å². The quantitative estimate of drug-likeness (QED) is 0.476. The Morgan fingerprint density at radius 3 is 2.46 bits per heavy atom. The minimum Gasteiger partial charge on any atom is -0.394 e. The predicted octanol–water partition coefficient (Wildman–Crippen LogP) is 4.06. The second-order valence-electron chi connectivity index (χ2n) is 11.4. The van der Waals surface area contributed by atoms with Crippen molar-refractivity contribution in [1.82, 2.24) is 9.97 Å². The molecule has 212 valence electrons. The van der Waals surface area contributed by atoms with Crippen LogP contribution in [0.15, 0.2) is 30.3 Å². The maximum atomic E-state index is 13.5.